The summed E-state index contributed by atoms with van der Waals surface area (Å²) >= 11 is 0. The van der Waals surface area contributed by atoms with Gasteiger partial charge < -0.3 is 4.42 Å². The predicted octanol–water partition coefficient (Wildman–Crippen LogP) is 0.0332. The Kier molecular flexibility index (Phi) is 2.70. The summed E-state index contributed by atoms with van der Waals surface area (Å²) in [6.45, 7) is 14.9. The molecule has 0 atom stereocenters. The molecule has 1 aromatic rings. The van der Waals surface area contributed by atoms with Crippen LogP contribution in [0.4, 0.5) is 0 Å². The topological polar surface area (TPSA) is 13.1 Å². The molecule has 0 aliphatic rings. The van der Waals surface area contributed by atoms with E-state index in [4.69, 9.17) is 4.42 Å². The van der Waals surface area contributed by atoms with Crippen molar-refractivity contribution in [2.45, 2.75) is 0 Å². The van der Waals surface area contributed by atoms with E-state index in [9.17, 15) is 0 Å². The second-order valence-electron chi connectivity index (χ2n) is 2.59. The minimum absolute atomic E-state index is 0.702. The van der Waals surface area contributed by atoms with Gasteiger partial charge in [0.1, 0.15) is 10.8 Å². The van der Waals surface area contributed by atoms with Crippen LogP contribution in [0.25, 0.3) is 25.3 Å². The molecule has 1 aromatic heterocycles. The average Bonchev–Trinajstić information content (AvgIpc) is 2.36. The number of allylic oxidation sites excluding steroid dienone is 2. The van der Waals surface area contributed by atoms with Gasteiger partial charge in [0.2, 0.25) is 0 Å². The van der Waals surface area contributed by atoms with Gasteiger partial charge in [-0.3, -0.25) is 0 Å². The Morgan fingerprint density at radius 3 is 1.54 bits per heavy atom. The van der Waals surface area contributed by atoms with Gasteiger partial charge in [0.15, 0.2) is 0 Å². The summed E-state index contributed by atoms with van der Waals surface area (Å²) in [7, 11) is 0. The lowest BCUT2D eigenvalue weighted by atomic mass is 10.3. The first-order valence-electron chi connectivity index (χ1n) is 3.93. The van der Waals surface area contributed by atoms with Crippen molar-refractivity contribution in [2.75, 3.05) is 0 Å². The van der Waals surface area contributed by atoms with Crippen LogP contribution in [-0.4, -0.2) is 0 Å². The monoisotopic (exact) mass is 172 g/mol. The van der Waals surface area contributed by atoms with Gasteiger partial charge in [-0.25, -0.2) is 0 Å². The van der Waals surface area contributed by atoms with Crippen LogP contribution in [0, 0.1) is 0 Å². The van der Waals surface area contributed by atoms with E-state index < -0.39 is 0 Å². The Morgan fingerprint density at radius 2 is 1.23 bits per heavy atom. The van der Waals surface area contributed by atoms with Crippen LogP contribution >= 0.6 is 0 Å². The van der Waals surface area contributed by atoms with E-state index in [2.05, 4.69) is 26.3 Å². The molecule has 1 nitrogen and oxygen atoms in total. The van der Waals surface area contributed by atoms with E-state index in [1.54, 1.807) is 24.3 Å². The van der Waals surface area contributed by atoms with Crippen LogP contribution in [0.1, 0.15) is 0 Å². The molecule has 0 aliphatic heterocycles. The van der Waals surface area contributed by atoms with Crippen LogP contribution in [0.5, 0.6) is 0 Å². The highest BCUT2D eigenvalue weighted by molar-refractivity contribution is 5.37. The molecule has 0 aromatic carbocycles. The molecule has 0 saturated heterocycles. The molecular formula is C12H12O. The van der Waals surface area contributed by atoms with E-state index in [0.29, 0.717) is 10.8 Å². The van der Waals surface area contributed by atoms with Gasteiger partial charge in [0, 0.05) is 10.4 Å². The van der Waals surface area contributed by atoms with Crippen LogP contribution < -0.4 is 21.3 Å². The van der Waals surface area contributed by atoms with Crippen molar-refractivity contribution in [3.05, 3.63) is 46.6 Å². The minimum Gasteiger partial charge on any atom is -0.456 e. The minimum atomic E-state index is 0.702. The second-order valence-corrected chi connectivity index (χ2v) is 2.59. The van der Waals surface area contributed by atoms with E-state index in [0.717, 1.165) is 10.4 Å². The summed E-state index contributed by atoms with van der Waals surface area (Å²) in [6, 6.07) is 0. The highest BCUT2D eigenvalue weighted by Gasteiger charge is 1.90. The van der Waals surface area contributed by atoms with Gasteiger partial charge in [-0.15, -0.1) is 0 Å². The van der Waals surface area contributed by atoms with E-state index in [-0.39, 0.29) is 0 Å². The fraction of sp³-hybridized carbons (Fsp3) is 0. The maximum Gasteiger partial charge on any atom is 0.134 e. The molecule has 0 unspecified atom stereocenters. The summed E-state index contributed by atoms with van der Waals surface area (Å²) in [5.74, 6) is 0. The molecule has 0 N–H and O–H groups in total. The smallest absolute Gasteiger partial charge is 0.134 e. The normalized spacial score (nSPS) is 13.2. The van der Waals surface area contributed by atoms with Crippen LogP contribution in [0.2, 0.25) is 0 Å². The van der Waals surface area contributed by atoms with Crippen molar-refractivity contribution >= 4 is 25.3 Å². The van der Waals surface area contributed by atoms with Crippen LogP contribution in [0.15, 0.2) is 29.7 Å². The second kappa shape index (κ2) is 3.76. The van der Waals surface area contributed by atoms with E-state index >= 15 is 0 Å². The Labute approximate surface area is 77.0 Å². The van der Waals surface area contributed by atoms with E-state index in [1.807, 2.05) is 0 Å². The summed E-state index contributed by atoms with van der Waals surface area (Å²) in [4.78, 5) is 0. The molecule has 66 valence electrons. The van der Waals surface area contributed by atoms with Gasteiger partial charge in [-0.05, 0) is 12.2 Å². The zero-order valence-corrected chi connectivity index (χ0v) is 7.55. The molecular weight excluding hydrogens is 160 g/mol. The first-order chi connectivity index (χ1) is 6.20. The standard InChI is InChI=1S/C12H12O/c1-5-7-11-9(3)10(4)12(13-11)8-6-2/h5-8H,1-4H2/b11-7+,12-8+. The zero-order chi connectivity index (χ0) is 9.84. The Bertz CT molecular complexity index is 480. The van der Waals surface area contributed by atoms with Gasteiger partial charge in [-0.1, -0.05) is 38.5 Å². The van der Waals surface area contributed by atoms with Crippen molar-refractivity contribution in [1.82, 2.24) is 0 Å². The number of rotatable bonds is 2. The van der Waals surface area contributed by atoms with Gasteiger partial charge in [0.05, 0.1) is 0 Å². The van der Waals surface area contributed by atoms with Gasteiger partial charge in [0.25, 0.3) is 0 Å². The highest BCUT2D eigenvalue weighted by Crippen LogP contribution is 1.64. The maximum atomic E-state index is 5.45. The fourth-order valence-electron chi connectivity index (χ4n) is 1.02. The number of hydrogen-bond acceptors (Lipinski definition) is 1. The lowest BCUT2D eigenvalue weighted by Crippen LogP contribution is -2.34. The third-order valence-corrected chi connectivity index (χ3v) is 1.72. The molecule has 0 spiro atoms. The van der Waals surface area contributed by atoms with E-state index in [1.165, 1.54) is 0 Å². The molecule has 1 heteroatoms. The third kappa shape index (κ3) is 1.70. The fourth-order valence-corrected chi connectivity index (χ4v) is 1.02. The van der Waals surface area contributed by atoms with Crippen LogP contribution in [-0.2, 0) is 0 Å². The quantitative estimate of drug-likeness (QED) is 0.613. The molecule has 0 amide bonds. The molecule has 0 fully saturated rings. The first kappa shape index (κ1) is 9.33. The highest BCUT2D eigenvalue weighted by atomic mass is 16.3. The van der Waals surface area contributed by atoms with Crippen molar-refractivity contribution in [3.63, 3.8) is 0 Å². The Morgan fingerprint density at radius 1 is 0.846 bits per heavy atom. The third-order valence-electron chi connectivity index (χ3n) is 1.72. The first-order valence-corrected chi connectivity index (χ1v) is 3.93. The average molecular weight is 172 g/mol. The van der Waals surface area contributed by atoms with Crippen LogP contribution in [0.3, 0.4) is 0 Å². The molecule has 1 heterocycles. The molecule has 0 aliphatic carbocycles. The van der Waals surface area contributed by atoms with Crippen molar-refractivity contribution in [2.24, 2.45) is 0 Å². The van der Waals surface area contributed by atoms with Gasteiger partial charge in [-0.2, -0.15) is 0 Å². The van der Waals surface area contributed by atoms with Gasteiger partial charge >= 0.3 is 0 Å². The molecule has 13 heavy (non-hydrogen) atoms. The summed E-state index contributed by atoms with van der Waals surface area (Å²) in [5.41, 5.74) is 1.40. The predicted molar refractivity (Wildman–Crippen MR) is 57.6 cm³/mol. The SMILES string of the molecule is C=C/C=c1/o/c(=C/C=C)c(=C)c1=C. The Hall–Kier alpha value is -1.76. The molecule has 0 radical (unpaired) electrons. The maximum absolute atomic E-state index is 5.45. The lowest BCUT2D eigenvalue weighted by Gasteiger charge is -1.73. The largest absolute Gasteiger partial charge is 0.456 e. The summed E-state index contributed by atoms with van der Waals surface area (Å²) < 4.78 is 5.45. The summed E-state index contributed by atoms with van der Waals surface area (Å²) in [5, 5.41) is 1.60. The summed E-state index contributed by atoms with van der Waals surface area (Å²) in [6.07, 6.45) is 6.84. The number of furan rings is 1. The number of hydrogen-bond donors (Lipinski definition) is 0. The molecule has 0 bridgehead atoms. The lowest BCUT2D eigenvalue weighted by molar-refractivity contribution is 0.499. The Balaban J connectivity index is 3.76. The van der Waals surface area contributed by atoms with Crippen molar-refractivity contribution in [1.29, 1.82) is 0 Å². The van der Waals surface area contributed by atoms with Crippen molar-refractivity contribution in [3.8, 4) is 0 Å². The molecule has 1 rings (SSSR count). The zero-order valence-electron chi connectivity index (χ0n) is 7.55. The van der Waals surface area contributed by atoms with Crippen molar-refractivity contribution < 1.29 is 4.42 Å². The molecule has 0 saturated carbocycles.